The van der Waals surface area contributed by atoms with Gasteiger partial charge < -0.3 is 14.2 Å². The highest BCUT2D eigenvalue weighted by Gasteiger charge is 2.89. The molecule has 0 saturated heterocycles. The predicted molar refractivity (Wildman–Crippen MR) is 125 cm³/mol. The molecule has 0 fully saturated rings. The van der Waals surface area contributed by atoms with E-state index in [1.807, 2.05) is 79.7 Å². The van der Waals surface area contributed by atoms with E-state index in [4.69, 9.17) is 14.2 Å². The molecule has 6 rings (SSSR count). The number of ether oxygens (including phenoxy) is 3. The SMILES string of the molecule is CC(=O)OC12c3ccccc3C3(OC(C)=O)c4ccccc4C(OC(C)=O)(c4ccccc41)C23C. The van der Waals surface area contributed by atoms with E-state index in [0.717, 1.165) is 0 Å². The molecule has 0 amide bonds. The second-order valence-electron chi connectivity index (χ2n) is 9.59. The molecular weight excluding hydrogens is 444 g/mol. The summed E-state index contributed by atoms with van der Waals surface area (Å²) in [6, 6.07) is 22.6. The minimum absolute atomic E-state index is 0.496. The first-order valence-corrected chi connectivity index (χ1v) is 11.6. The van der Waals surface area contributed by atoms with Crippen molar-refractivity contribution in [3.8, 4) is 0 Å². The highest BCUT2D eigenvalue weighted by Crippen LogP contribution is 2.83. The molecule has 176 valence electrons. The van der Waals surface area contributed by atoms with Crippen molar-refractivity contribution in [1.82, 2.24) is 0 Å². The van der Waals surface area contributed by atoms with Gasteiger partial charge in [-0.3, -0.25) is 14.4 Å². The third-order valence-electron chi connectivity index (χ3n) is 8.06. The topological polar surface area (TPSA) is 78.9 Å². The molecule has 0 aromatic heterocycles. The molecule has 0 spiro atoms. The van der Waals surface area contributed by atoms with Gasteiger partial charge >= 0.3 is 17.9 Å². The van der Waals surface area contributed by atoms with Gasteiger partial charge in [0, 0.05) is 54.2 Å². The minimum atomic E-state index is -1.39. The van der Waals surface area contributed by atoms with Gasteiger partial charge in [-0.05, 0) is 6.92 Å². The predicted octanol–water partition coefficient (Wildman–Crippen LogP) is 4.45. The first-order valence-electron chi connectivity index (χ1n) is 11.6. The third-order valence-corrected chi connectivity index (χ3v) is 8.06. The Morgan fingerprint density at radius 3 is 0.857 bits per heavy atom. The van der Waals surface area contributed by atoms with Crippen molar-refractivity contribution in [3.63, 3.8) is 0 Å². The van der Waals surface area contributed by atoms with Crippen molar-refractivity contribution >= 4 is 17.9 Å². The molecule has 0 heterocycles. The average molecular weight is 469 g/mol. The third kappa shape index (κ3) is 2.07. The number of esters is 3. The van der Waals surface area contributed by atoms with E-state index in [-0.39, 0.29) is 0 Å². The van der Waals surface area contributed by atoms with E-state index in [0.29, 0.717) is 33.4 Å². The Labute approximate surface area is 202 Å². The zero-order valence-corrected chi connectivity index (χ0v) is 19.9. The summed E-state index contributed by atoms with van der Waals surface area (Å²) in [5.41, 5.74) is -1.24. The second kappa shape index (κ2) is 6.60. The minimum Gasteiger partial charge on any atom is -0.448 e. The summed E-state index contributed by atoms with van der Waals surface area (Å²) >= 11 is 0. The number of benzene rings is 3. The van der Waals surface area contributed by atoms with Gasteiger partial charge in [0.05, 0.1) is 0 Å². The Bertz CT molecular complexity index is 1210. The van der Waals surface area contributed by atoms with Crippen LogP contribution in [-0.4, -0.2) is 17.9 Å². The van der Waals surface area contributed by atoms with Crippen LogP contribution in [0.15, 0.2) is 72.8 Å². The highest BCUT2D eigenvalue weighted by molar-refractivity contribution is 5.81. The second-order valence-corrected chi connectivity index (χ2v) is 9.59. The maximum absolute atomic E-state index is 12.8. The summed E-state index contributed by atoms with van der Waals surface area (Å²) in [6.07, 6.45) is 0. The van der Waals surface area contributed by atoms with Crippen LogP contribution in [0.25, 0.3) is 0 Å². The van der Waals surface area contributed by atoms with Crippen LogP contribution in [0.1, 0.15) is 61.1 Å². The number of carbonyl (C=O) groups is 3. The van der Waals surface area contributed by atoms with E-state index in [1.54, 1.807) is 0 Å². The number of hydrogen-bond acceptors (Lipinski definition) is 6. The zero-order valence-electron chi connectivity index (χ0n) is 19.9. The Balaban J connectivity index is 1.92. The fourth-order valence-corrected chi connectivity index (χ4v) is 7.37. The number of fused-ring (bicyclic) bond motifs is 9. The summed E-state index contributed by atoms with van der Waals surface area (Å²) in [5.74, 6) is -1.49. The van der Waals surface area contributed by atoms with Crippen molar-refractivity contribution in [1.29, 1.82) is 0 Å². The monoisotopic (exact) mass is 468 g/mol. The summed E-state index contributed by atoms with van der Waals surface area (Å²) in [7, 11) is 0. The van der Waals surface area contributed by atoms with Crippen LogP contribution in [0.3, 0.4) is 0 Å². The fourth-order valence-electron chi connectivity index (χ4n) is 7.37. The summed E-state index contributed by atoms with van der Waals surface area (Å²) in [4.78, 5) is 38.5. The number of rotatable bonds is 3. The molecule has 6 heteroatoms. The lowest BCUT2D eigenvalue weighted by atomic mass is 9.63. The van der Waals surface area contributed by atoms with Gasteiger partial charge in [0.15, 0.2) is 16.8 Å². The molecule has 6 nitrogen and oxygen atoms in total. The number of hydrogen-bond donors (Lipinski definition) is 0. The van der Waals surface area contributed by atoms with Crippen LogP contribution < -0.4 is 0 Å². The van der Waals surface area contributed by atoms with Gasteiger partial charge in [-0.25, -0.2) is 0 Å². The molecule has 0 atom stereocenters. The zero-order chi connectivity index (χ0) is 24.8. The van der Waals surface area contributed by atoms with Crippen molar-refractivity contribution < 1.29 is 28.6 Å². The van der Waals surface area contributed by atoms with Crippen molar-refractivity contribution in [3.05, 3.63) is 106 Å². The van der Waals surface area contributed by atoms with Crippen LogP contribution in [0.2, 0.25) is 0 Å². The van der Waals surface area contributed by atoms with Gasteiger partial charge in [-0.15, -0.1) is 0 Å². The molecule has 0 saturated carbocycles. The normalized spacial score (nSPS) is 30.5. The van der Waals surface area contributed by atoms with Crippen LogP contribution in [0.4, 0.5) is 0 Å². The Morgan fingerprint density at radius 2 is 0.686 bits per heavy atom. The van der Waals surface area contributed by atoms with E-state index in [1.165, 1.54) is 20.8 Å². The van der Waals surface area contributed by atoms with E-state index in [9.17, 15) is 14.4 Å². The molecular formula is C29H24O6. The summed E-state index contributed by atoms with van der Waals surface area (Å²) in [5, 5.41) is 0. The molecule has 0 bridgehead atoms. The van der Waals surface area contributed by atoms with Crippen molar-refractivity contribution in [2.45, 2.75) is 44.5 Å². The summed E-state index contributed by atoms with van der Waals surface area (Å²) in [6.45, 7) is 6.00. The van der Waals surface area contributed by atoms with Crippen LogP contribution in [-0.2, 0) is 45.4 Å². The quantitative estimate of drug-likeness (QED) is 0.417. The fraction of sp³-hybridized carbons (Fsp3) is 0.276. The molecule has 0 aliphatic heterocycles. The van der Waals surface area contributed by atoms with Gasteiger partial charge in [-0.1, -0.05) is 72.8 Å². The van der Waals surface area contributed by atoms with Crippen molar-refractivity contribution in [2.75, 3.05) is 0 Å². The van der Waals surface area contributed by atoms with Crippen LogP contribution in [0, 0.1) is 5.41 Å². The van der Waals surface area contributed by atoms with Crippen LogP contribution >= 0.6 is 0 Å². The van der Waals surface area contributed by atoms with Gasteiger partial charge in [0.2, 0.25) is 0 Å². The molecule has 3 aliphatic rings. The first-order chi connectivity index (χ1) is 16.7. The van der Waals surface area contributed by atoms with E-state index in [2.05, 4.69) is 0 Å². The Hall–Kier alpha value is -3.93. The Kier molecular flexibility index (Phi) is 4.07. The molecule has 0 N–H and O–H groups in total. The highest BCUT2D eigenvalue weighted by atomic mass is 16.6. The molecule has 0 radical (unpaired) electrons. The molecule has 35 heavy (non-hydrogen) atoms. The maximum atomic E-state index is 12.8. The Morgan fingerprint density at radius 1 is 0.486 bits per heavy atom. The van der Waals surface area contributed by atoms with Gasteiger partial charge in [0.1, 0.15) is 5.41 Å². The van der Waals surface area contributed by atoms with E-state index >= 15 is 0 Å². The number of carbonyl (C=O) groups excluding carboxylic acids is 3. The smallest absolute Gasteiger partial charge is 0.303 e. The average Bonchev–Trinajstić information content (AvgIpc) is 3.21. The van der Waals surface area contributed by atoms with Gasteiger partial charge in [-0.2, -0.15) is 0 Å². The molecule has 3 aromatic rings. The lowest BCUT2D eigenvalue weighted by Crippen LogP contribution is -2.58. The molecule has 3 aliphatic carbocycles. The van der Waals surface area contributed by atoms with Gasteiger partial charge in [0.25, 0.3) is 0 Å². The largest absolute Gasteiger partial charge is 0.448 e. The maximum Gasteiger partial charge on any atom is 0.303 e. The first kappa shape index (κ1) is 21.6. The standard InChI is InChI=1S/C29H24O6/c1-17(30)33-27-20-11-5-7-13-22(20)28(34-18(2)31)24-15-9-10-16-25(24)29(26(27,28)4,35-19(3)32)23-14-8-6-12-21(23)27/h5-16H,1-4H3. The molecule has 3 aromatic carbocycles. The summed E-state index contributed by atoms with van der Waals surface area (Å²) < 4.78 is 19.1. The van der Waals surface area contributed by atoms with Crippen LogP contribution in [0.5, 0.6) is 0 Å². The van der Waals surface area contributed by atoms with E-state index < -0.39 is 40.1 Å². The molecule has 0 unspecified atom stereocenters. The lowest BCUT2D eigenvalue weighted by Gasteiger charge is -2.49. The lowest BCUT2D eigenvalue weighted by molar-refractivity contribution is -0.231. The van der Waals surface area contributed by atoms with Crippen molar-refractivity contribution in [2.24, 2.45) is 5.41 Å².